The molecule has 1 aromatic carbocycles. The highest BCUT2D eigenvalue weighted by molar-refractivity contribution is 6.54. The van der Waals surface area contributed by atoms with Gasteiger partial charge in [0.2, 0.25) is 0 Å². The Hall–Kier alpha value is -2.48. The lowest BCUT2D eigenvalue weighted by atomic mass is 9.95. The van der Waals surface area contributed by atoms with Crippen LogP contribution in [0, 0.1) is 13.8 Å². The normalized spacial score (nSPS) is 12.9. The van der Waals surface area contributed by atoms with E-state index in [4.69, 9.17) is 0 Å². The fraction of sp³-hybridized carbons (Fsp3) is 0.385. The van der Waals surface area contributed by atoms with E-state index in [9.17, 15) is 0 Å². The van der Waals surface area contributed by atoms with Crippen molar-refractivity contribution in [1.29, 1.82) is 0 Å². The summed E-state index contributed by atoms with van der Waals surface area (Å²) < 4.78 is 0. The van der Waals surface area contributed by atoms with Crippen LogP contribution in [0.4, 0.5) is 0 Å². The van der Waals surface area contributed by atoms with Gasteiger partial charge in [-0.15, -0.1) is 0 Å². The smallest absolute Gasteiger partial charge is 0.0956 e. The SMILES string of the molecule is C=CN=C(C(=NC)c1cc(C)cc(C)c1)C(/C=C(/C)CC=C(C)C)=C/C.CC. The zero-order valence-electron chi connectivity index (χ0n) is 19.4. The number of benzene rings is 1. The number of allylic oxidation sites excluding steroid dienone is 6. The Morgan fingerprint density at radius 2 is 1.61 bits per heavy atom. The maximum Gasteiger partial charge on any atom is 0.0956 e. The van der Waals surface area contributed by atoms with Crippen molar-refractivity contribution >= 4 is 11.4 Å². The Morgan fingerprint density at radius 1 is 1.04 bits per heavy atom. The molecule has 0 amide bonds. The predicted molar refractivity (Wildman–Crippen MR) is 129 cm³/mol. The van der Waals surface area contributed by atoms with Crippen LogP contribution >= 0.6 is 0 Å². The standard InChI is InChI=1S/C24H32N2.C2H6/c1-9-21(14-18(5)12-11-17(3)4)24(26-10-2)23(25-8)22-15-19(6)13-20(7)16-22;1-2/h9-11,13-16H,2,12H2,1,3-8H3;1-2H3/b18-14-,21-9+,25-23?,26-24?;. The zero-order valence-corrected chi connectivity index (χ0v) is 19.4. The summed E-state index contributed by atoms with van der Waals surface area (Å²) in [6.45, 7) is 20.4. The summed E-state index contributed by atoms with van der Waals surface area (Å²) in [5, 5.41) is 0. The van der Waals surface area contributed by atoms with Gasteiger partial charge in [-0.3, -0.25) is 9.98 Å². The maximum absolute atomic E-state index is 4.57. The number of hydrogen-bond acceptors (Lipinski definition) is 2. The van der Waals surface area contributed by atoms with Gasteiger partial charge in [0, 0.05) is 18.8 Å². The third-order valence-corrected chi connectivity index (χ3v) is 3.98. The number of aliphatic imine (C=N–C) groups is 2. The zero-order chi connectivity index (χ0) is 21.7. The molecular weight excluding hydrogens is 340 g/mol. The summed E-state index contributed by atoms with van der Waals surface area (Å²) in [6, 6.07) is 6.48. The first-order valence-corrected chi connectivity index (χ1v) is 10.0. The van der Waals surface area contributed by atoms with Crippen molar-refractivity contribution < 1.29 is 0 Å². The molecule has 0 aromatic heterocycles. The summed E-state index contributed by atoms with van der Waals surface area (Å²) >= 11 is 0. The average molecular weight is 379 g/mol. The number of nitrogens with zero attached hydrogens (tertiary/aromatic N) is 2. The summed E-state index contributed by atoms with van der Waals surface area (Å²) in [5.74, 6) is 0. The van der Waals surface area contributed by atoms with Crippen molar-refractivity contribution in [3.8, 4) is 0 Å². The number of hydrogen-bond donors (Lipinski definition) is 0. The van der Waals surface area contributed by atoms with Crippen LogP contribution in [0.2, 0.25) is 0 Å². The van der Waals surface area contributed by atoms with Crippen LogP contribution in [0.3, 0.4) is 0 Å². The van der Waals surface area contributed by atoms with Crippen molar-refractivity contribution in [1.82, 2.24) is 0 Å². The summed E-state index contributed by atoms with van der Waals surface area (Å²) in [4.78, 5) is 9.14. The molecule has 0 saturated carbocycles. The first-order valence-electron chi connectivity index (χ1n) is 10.0. The van der Waals surface area contributed by atoms with Crippen molar-refractivity contribution in [3.63, 3.8) is 0 Å². The Balaban J connectivity index is 0.00000352. The van der Waals surface area contributed by atoms with Gasteiger partial charge in [0.25, 0.3) is 0 Å². The second kappa shape index (κ2) is 13.7. The summed E-state index contributed by atoms with van der Waals surface area (Å²) in [6.07, 6.45) is 9.04. The third kappa shape index (κ3) is 8.47. The largest absolute Gasteiger partial charge is 0.286 e. The van der Waals surface area contributed by atoms with Crippen molar-refractivity contribution in [2.24, 2.45) is 9.98 Å². The Kier molecular flexibility index (Phi) is 12.4. The van der Waals surface area contributed by atoms with E-state index in [0.717, 1.165) is 29.0 Å². The minimum atomic E-state index is 0.853. The van der Waals surface area contributed by atoms with Gasteiger partial charge in [0.15, 0.2) is 0 Å². The van der Waals surface area contributed by atoms with Gasteiger partial charge in [0.1, 0.15) is 0 Å². The molecule has 0 spiro atoms. The molecule has 0 aliphatic rings. The van der Waals surface area contributed by atoms with E-state index in [1.54, 1.807) is 6.20 Å². The molecular formula is C26H38N2. The van der Waals surface area contributed by atoms with Crippen LogP contribution in [0.25, 0.3) is 0 Å². The maximum atomic E-state index is 4.57. The van der Waals surface area contributed by atoms with E-state index in [1.165, 1.54) is 22.3 Å². The quantitative estimate of drug-likeness (QED) is 0.265. The van der Waals surface area contributed by atoms with Gasteiger partial charge < -0.3 is 0 Å². The number of aryl methyl sites for hydroxylation is 2. The summed E-state index contributed by atoms with van der Waals surface area (Å²) in [7, 11) is 1.82. The molecule has 1 rings (SSSR count). The van der Waals surface area contributed by atoms with E-state index in [0.29, 0.717) is 0 Å². The molecule has 0 heterocycles. The monoisotopic (exact) mass is 378 g/mol. The average Bonchev–Trinajstić information content (AvgIpc) is 2.65. The van der Waals surface area contributed by atoms with E-state index in [1.807, 2.05) is 27.8 Å². The minimum absolute atomic E-state index is 0.853. The Labute approximate surface area is 173 Å². The van der Waals surface area contributed by atoms with Crippen LogP contribution in [0.15, 0.2) is 75.9 Å². The molecule has 0 atom stereocenters. The number of rotatable bonds is 7. The van der Waals surface area contributed by atoms with Gasteiger partial charge >= 0.3 is 0 Å². The van der Waals surface area contributed by atoms with Gasteiger partial charge in [-0.2, -0.15) is 0 Å². The van der Waals surface area contributed by atoms with Gasteiger partial charge in [-0.1, -0.05) is 67.0 Å². The lowest BCUT2D eigenvalue weighted by molar-refractivity contribution is 1.17. The molecule has 0 N–H and O–H groups in total. The molecule has 0 fully saturated rings. The first kappa shape index (κ1) is 25.5. The van der Waals surface area contributed by atoms with Crippen LogP contribution in [-0.4, -0.2) is 18.5 Å². The highest BCUT2D eigenvalue weighted by atomic mass is 14.8. The van der Waals surface area contributed by atoms with Gasteiger partial charge in [-0.25, -0.2) is 0 Å². The van der Waals surface area contributed by atoms with Crippen molar-refractivity contribution in [3.05, 3.63) is 82.6 Å². The second-order valence-electron chi connectivity index (χ2n) is 6.83. The molecule has 28 heavy (non-hydrogen) atoms. The third-order valence-electron chi connectivity index (χ3n) is 3.98. The first-order chi connectivity index (χ1) is 13.3. The lowest BCUT2D eigenvalue weighted by Gasteiger charge is -2.13. The van der Waals surface area contributed by atoms with Gasteiger partial charge in [0.05, 0.1) is 11.4 Å². The van der Waals surface area contributed by atoms with E-state index in [-0.39, 0.29) is 0 Å². The highest BCUT2D eigenvalue weighted by Gasteiger charge is 2.15. The molecule has 0 radical (unpaired) electrons. The molecule has 0 unspecified atom stereocenters. The van der Waals surface area contributed by atoms with Crippen LogP contribution < -0.4 is 0 Å². The molecule has 0 aliphatic heterocycles. The lowest BCUT2D eigenvalue weighted by Crippen LogP contribution is -2.18. The fourth-order valence-electron chi connectivity index (χ4n) is 2.82. The molecule has 152 valence electrons. The second-order valence-corrected chi connectivity index (χ2v) is 6.83. The molecule has 1 aromatic rings. The van der Waals surface area contributed by atoms with E-state index < -0.39 is 0 Å². The van der Waals surface area contributed by atoms with E-state index in [2.05, 4.69) is 87.6 Å². The summed E-state index contributed by atoms with van der Waals surface area (Å²) in [5.41, 5.74) is 8.93. The van der Waals surface area contributed by atoms with Crippen molar-refractivity contribution in [2.75, 3.05) is 7.05 Å². The van der Waals surface area contributed by atoms with Crippen LogP contribution in [0.5, 0.6) is 0 Å². The van der Waals surface area contributed by atoms with E-state index >= 15 is 0 Å². The Morgan fingerprint density at radius 3 is 2.04 bits per heavy atom. The molecule has 2 nitrogen and oxygen atoms in total. The predicted octanol–water partition coefficient (Wildman–Crippen LogP) is 7.58. The fourth-order valence-corrected chi connectivity index (χ4v) is 2.82. The topological polar surface area (TPSA) is 24.7 Å². The van der Waals surface area contributed by atoms with Crippen LogP contribution in [-0.2, 0) is 0 Å². The highest BCUT2D eigenvalue weighted by Crippen LogP contribution is 2.17. The van der Waals surface area contributed by atoms with Crippen molar-refractivity contribution in [2.45, 2.75) is 61.8 Å². The molecule has 0 bridgehead atoms. The minimum Gasteiger partial charge on any atom is -0.286 e. The molecule has 0 saturated heterocycles. The van der Waals surface area contributed by atoms with Crippen LogP contribution in [0.1, 0.15) is 64.7 Å². The molecule has 2 heteroatoms. The van der Waals surface area contributed by atoms with Gasteiger partial charge in [-0.05, 0) is 65.7 Å². The Bertz CT molecular complexity index is 775. The molecule has 0 aliphatic carbocycles.